The average molecular weight is 329 g/mol. The van der Waals surface area contributed by atoms with E-state index in [-0.39, 0.29) is 6.10 Å². The lowest BCUT2D eigenvalue weighted by molar-refractivity contribution is 0.195. The van der Waals surface area contributed by atoms with Crippen molar-refractivity contribution < 1.29 is 4.74 Å². The van der Waals surface area contributed by atoms with Gasteiger partial charge in [0, 0.05) is 30.5 Å². The summed E-state index contributed by atoms with van der Waals surface area (Å²) in [4.78, 5) is 7.84. The summed E-state index contributed by atoms with van der Waals surface area (Å²) in [5, 5.41) is 5.50. The van der Waals surface area contributed by atoms with E-state index in [1.165, 1.54) is 10.4 Å². The number of rotatable bonds is 7. The van der Waals surface area contributed by atoms with E-state index < -0.39 is 0 Å². The molecular weight excluding hydrogens is 306 g/mol. The first kappa shape index (κ1) is 16.0. The molecule has 4 nitrogen and oxygen atoms in total. The van der Waals surface area contributed by atoms with Crippen molar-refractivity contribution in [2.24, 2.45) is 4.99 Å². The van der Waals surface area contributed by atoms with Gasteiger partial charge in [0.15, 0.2) is 0 Å². The first-order valence-corrected chi connectivity index (χ1v) is 8.93. The highest BCUT2D eigenvalue weighted by Gasteiger charge is 2.19. The number of nitrogens with one attached hydrogen (secondary N) is 1. The number of hydrogen-bond donors (Lipinski definition) is 1. The Morgan fingerprint density at radius 3 is 3.04 bits per heavy atom. The van der Waals surface area contributed by atoms with Crippen LogP contribution in [-0.2, 0) is 6.54 Å². The molecule has 0 saturated heterocycles. The lowest BCUT2D eigenvalue weighted by atomic mass is 10.1. The van der Waals surface area contributed by atoms with Gasteiger partial charge in [0.1, 0.15) is 11.9 Å². The fourth-order valence-corrected chi connectivity index (χ4v) is 3.48. The van der Waals surface area contributed by atoms with Crippen LogP contribution in [0.25, 0.3) is 0 Å². The van der Waals surface area contributed by atoms with E-state index >= 15 is 0 Å². The van der Waals surface area contributed by atoms with E-state index in [9.17, 15) is 0 Å². The van der Waals surface area contributed by atoms with E-state index in [4.69, 9.17) is 4.74 Å². The third-order valence-electron chi connectivity index (χ3n) is 3.87. The second kappa shape index (κ2) is 7.62. The zero-order valence-corrected chi connectivity index (χ0v) is 14.5. The van der Waals surface area contributed by atoms with Gasteiger partial charge in [-0.15, -0.1) is 11.3 Å². The topological polar surface area (TPSA) is 36.9 Å². The summed E-state index contributed by atoms with van der Waals surface area (Å²) in [5.74, 6) is 0.945. The third kappa shape index (κ3) is 3.92. The number of benzene rings is 1. The molecule has 1 aromatic carbocycles. The monoisotopic (exact) mass is 329 g/mol. The van der Waals surface area contributed by atoms with Crippen LogP contribution < -0.4 is 10.1 Å². The van der Waals surface area contributed by atoms with Gasteiger partial charge < -0.3 is 15.0 Å². The van der Waals surface area contributed by atoms with Gasteiger partial charge in [0.05, 0.1) is 12.0 Å². The molecule has 122 valence electrons. The van der Waals surface area contributed by atoms with E-state index in [1.54, 1.807) is 11.3 Å². The molecule has 0 spiro atoms. The minimum absolute atomic E-state index is 0.0803. The predicted molar refractivity (Wildman–Crippen MR) is 96.9 cm³/mol. The van der Waals surface area contributed by atoms with Crippen LogP contribution in [0.1, 0.15) is 29.9 Å². The fourth-order valence-electron chi connectivity index (χ4n) is 2.69. The number of aliphatic imine (C=N–C) groups is 1. The van der Waals surface area contributed by atoms with Gasteiger partial charge in [-0.3, -0.25) is 0 Å². The van der Waals surface area contributed by atoms with Gasteiger partial charge in [-0.2, -0.15) is 0 Å². The Bertz CT molecular complexity index is 654. The molecule has 1 aliphatic heterocycles. The van der Waals surface area contributed by atoms with Crippen molar-refractivity contribution in [3.05, 3.63) is 46.2 Å². The maximum Gasteiger partial charge on any atom is 0.134 e. The Hall–Kier alpha value is -1.85. The molecule has 5 heteroatoms. The highest BCUT2D eigenvalue weighted by Crippen LogP contribution is 2.36. The van der Waals surface area contributed by atoms with Crippen LogP contribution >= 0.6 is 11.3 Å². The summed E-state index contributed by atoms with van der Waals surface area (Å²) in [7, 11) is 2.03. The van der Waals surface area contributed by atoms with Gasteiger partial charge in [-0.1, -0.05) is 19.1 Å². The standard InChI is InChI=1S/C18H23N3OS/c1-3-19-10-9-17(18-8-5-11-23-18)22-16-7-4-6-15-14(16)12-21(2)13-20-15/h4-8,11,13,17,19H,3,9-10,12H2,1-2H3/t17-/m1/s1. The molecule has 0 aliphatic carbocycles. The lowest BCUT2D eigenvalue weighted by Gasteiger charge is -2.25. The predicted octanol–water partition coefficient (Wildman–Crippen LogP) is 3.97. The molecule has 0 saturated carbocycles. The van der Waals surface area contributed by atoms with Gasteiger partial charge in [-0.05, 0) is 36.7 Å². The molecule has 0 unspecified atom stereocenters. The highest BCUT2D eigenvalue weighted by atomic mass is 32.1. The summed E-state index contributed by atoms with van der Waals surface area (Å²) in [6.45, 7) is 4.89. The van der Waals surface area contributed by atoms with Gasteiger partial charge in [-0.25, -0.2) is 4.99 Å². The van der Waals surface area contributed by atoms with Gasteiger partial charge in [0.25, 0.3) is 0 Å². The van der Waals surface area contributed by atoms with Crippen molar-refractivity contribution in [3.63, 3.8) is 0 Å². The number of hydrogen-bond acceptors (Lipinski definition) is 5. The number of nitrogens with zero attached hydrogens (tertiary/aromatic N) is 2. The van der Waals surface area contributed by atoms with E-state index in [0.29, 0.717) is 0 Å². The summed E-state index contributed by atoms with van der Waals surface area (Å²) in [6, 6.07) is 10.4. The molecule has 2 heterocycles. The first-order chi connectivity index (χ1) is 11.3. The first-order valence-electron chi connectivity index (χ1n) is 8.05. The van der Waals surface area contributed by atoms with Crippen molar-refractivity contribution in [3.8, 4) is 5.75 Å². The number of thiophene rings is 1. The van der Waals surface area contributed by atoms with E-state index in [0.717, 1.165) is 37.5 Å². The maximum absolute atomic E-state index is 6.42. The number of fused-ring (bicyclic) bond motifs is 1. The molecule has 1 atom stereocenters. The van der Waals surface area contributed by atoms with Crippen molar-refractivity contribution in [2.75, 3.05) is 20.1 Å². The van der Waals surface area contributed by atoms with Crippen LogP contribution in [0.15, 0.2) is 40.7 Å². The van der Waals surface area contributed by atoms with Crippen molar-refractivity contribution >= 4 is 23.4 Å². The summed E-state index contributed by atoms with van der Waals surface area (Å²) < 4.78 is 6.42. The summed E-state index contributed by atoms with van der Waals surface area (Å²) in [6.07, 6.45) is 2.90. The van der Waals surface area contributed by atoms with E-state index in [2.05, 4.69) is 45.7 Å². The minimum Gasteiger partial charge on any atom is -0.484 e. The summed E-state index contributed by atoms with van der Waals surface area (Å²) in [5.41, 5.74) is 2.18. The van der Waals surface area contributed by atoms with Crippen molar-refractivity contribution in [1.82, 2.24) is 10.2 Å². The molecule has 3 rings (SSSR count). The zero-order valence-electron chi connectivity index (χ0n) is 13.7. The third-order valence-corrected chi connectivity index (χ3v) is 4.84. The van der Waals surface area contributed by atoms with Gasteiger partial charge >= 0.3 is 0 Å². The molecule has 1 N–H and O–H groups in total. The molecular formula is C18H23N3OS. The molecule has 0 fully saturated rings. The fraction of sp³-hybridized carbons (Fsp3) is 0.389. The second-order valence-corrected chi connectivity index (χ2v) is 6.66. The SMILES string of the molecule is CCNCC[C@@H](Oc1cccc2c1CN(C)C=N2)c1cccs1. The quantitative estimate of drug-likeness (QED) is 0.781. The molecule has 2 aromatic rings. The Morgan fingerprint density at radius 1 is 1.35 bits per heavy atom. The minimum atomic E-state index is 0.0803. The maximum atomic E-state index is 6.42. The Kier molecular flexibility index (Phi) is 5.31. The Labute approximate surface area is 141 Å². The van der Waals surface area contributed by atoms with Gasteiger partial charge in [0.2, 0.25) is 0 Å². The van der Waals surface area contributed by atoms with Crippen LogP contribution in [0.2, 0.25) is 0 Å². The molecule has 0 amide bonds. The van der Waals surface area contributed by atoms with Crippen LogP contribution in [-0.4, -0.2) is 31.4 Å². The average Bonchev–Trinajstić information content (AvgIpc) is 3.09. The zero-order chi connectivity index (χ0) is 16.1. The number of ether oxygens (including phenoxy) is 1. The molecule has 23 heavy (non-hydrogen) atoms. The van der Waals surface area contributed by atoms with Crippen molar-refractivity contribution in [1.29, 1.82) is 0 Å². The van der Waals surface area contributed by atoms with E-state index in [1.807, 2.05) is 25.5 Å². The van der Waals surface area contributed by atoms with Crippen LogP contribution in [0.5, 0.6) is 5.75 Å². The molecule has 0 bridgehead atoms. The molecule has 1 aliphatic rings. The Balaban J connectivity index is 1.81. The molecule has 1 aromatic heterocycles. The van der Waals surface area contributed by atoms with Crippen LogP contribution in [0.4, 0.5) is 5.69 Å². The smallest absolute Gasteiger partial charge is 0.134 e. The second-order valence-electron chi connectivity index (χ2n) is 5.68. The molecule has 0 radical (unpaired) electrons. The normalized spacial score (nSPS) is 14.6. The Morgan fingerprint density at radius 2 is 2.26 bits per heavy atom. The van der Waals surface area contributed by atoms with Crippen LogP contribution in [0.3, 0.4) is 0 Å². The van der Waals surface area contributed by atoms with Crippen molar-refractivity contribution in [2.45, 2.75) is 26.0 Å². The summed E-state index contributed by atoms with van der Waals surface area (Å²) >= 11 is 1.75. The lowest BCUT2D eigenvalue weighted by Crippen LogP contribution is -2.21. The largest absolute Gasteiger partial charge is 0.484 e. The van der Waals surface area contributed by atoms with Crippen LogP contribution in [0, 0.1) is 0 Å². The highest BCUT2D eigenvalue weighted by molar-refractivity contribution is 7.10.